The normalized spacial score (nSPS) is 23.2. The maximum absolute atomic E-state index is 12.5. The zero-order valence-electron chi connectivity index (χ0n) is 11.0. The quantitative estimate of drug-likeness (QED) is 0.768. The first-order valence-corrected chi connectivity index (χ1v) is 6.77. The monoisotopic (exact) mass is 252 g/mol. The van der Waals surface area contributed by atoms with Gasteiger partial charge in [0.15, 0.2) is 11.6 Å². The number of carbonyl (C=O) groups excluding carboxylic acids is 2. The molecule has 3 rings (SSSR count). The van der Waals surface area contributed by atoms with Crippen LogP contribution in [0.5, 0.6) is 0 Å². The standard InChI is InChI=1S/C17H16O2/c1-11-13-9-5-6-10-14(18)16(13)15(17(11)19)12-7-3-2-4-8-12/h2-4,7-9,11H,5-6,10H2,1H3. The van der Waals surface area contributed by atoms with Gasteiger partial charge in [-0.2, -0.15) is 0 Å². The molecule has 0 radical (unpaired) electrons. The summed E-state index contributed by atoms with van der Waals surface area (Å²) in [4.78, 5) is 24.8. The summed E-state index contributed by atoms with van der Waals surface area (Å²) in [6.45, 7) is 1.91. The lowest BCUT2D eigenvalue weighted by Crippen LogP contribution is -2.07. The number of Topliss-reactive ketones (excluding diaryl/α,β-unsaturated/α-hetero) is 2. The molecule has 2 aliphatic carbocycles. The average molecular weight is 252 g/mol. The van der Waals surface area contributed by atoms with Crippen LogP contribution >= 0.6 is 0 Å². The molecule has 1 aromatic rings. The fourth-order valence-electron chi connectivity index (χ4n) is 2.96. The number of allylic oxidation sites excluding steroid dienone is 4. The van der Waals surface area contributed by atoms with E-state index >= 15 is 0 Å². The molecule has 96 valence electrons. The third-order valence-electron chi connectivity index (χ3n) is 3.96. The van der Waals surface area contributed by atoms with Gasteiger partial charge in [-0.15, -0.1) is 0 Å². The lowest BCUT2D eigenvalue weighted by Gasteiger charge is -2.05. The highest BCUT2D eigenvalue weighted by Crippen LogP contribution is 2.41. The van der Waals surface area contributed by atoms with Crippen molar-refractivity contribution in [2.45, 2.75) is 26.2 Å². The molecule has 0 amide bonds. The second kappa shape index (κ2) is 4.61. The Bertz CT molecular complexity index is 605. The van der Waals surface area contributed by atoms with Crippen LogP contribution < -0.4 is 0 Å². The molecule has 0 N–H and O–H groups in total. The smallest absolute Gasteiger partial charge is 0.171 e. The zero-order valence-corrected chi connectivity index (χ0v) is 11.0. The third-order valence-corrected chi connectivity index (χ3v) is 3.96. The topological polar surface area (TPSA) is 34.1 Å². The first-order chi connectivity index (χ1) is 9.20. The van der Waals surface area contributed by atoms with Gasteiger partial charge in [0.1, 0.15) is 0 Å². The molecule has 0 aliphatic heterocycles. The Morgan fingerprint density at radius 1 is 1.05 bits per heavy atom. The van der Waals surface area contributed by atoms with Gasteiger partial charge in [-0.25, -0.2) is 0 Å². The molecule has 19 heavy (non-hydrogen) atoms. The number of hydrogen-bond acceptors (Lipinski definition) is 2. The van der Waals surface area contributed by atoms with E-state index in [2.05, 4.69) is 6.08 Å². The Balaban J connectivity index is 2.24. The van der Waals surface area contributed by atoms with E-state index in [1.165, 1.54) is 0 Å². The average Bonchev–Trinajstić information content (AvgIpc) is 2.58. The van der Waals surface area contributed by atoms with Crippen molar-refractivity contribution in [2.24, 2.45) is 5.92 Å². The van der Waals surface area contributed by atoms with Gasteiger partial charge in [0.2, 0.25) is 0 Å². The van der Waals surface area contributed by atoms with Gasteiger partial charge < -0.3 is 0 Å². The first-order valence-electron chi connectivity index (χ1n) is 6.77. The summed E-state index contributed by atoms with van der Waals surface area (Å²) in [5, 5.41) is 0. The summed E-state index contributed by atoms with van der Waals surface area (Å²) in [6.07, 6.45) is 4.41. The van der Waals surface area contributed by atoms with Gasteiger partial charge in [0.05, 0.1) is 0 Å². The first kappa shape index (κ1) is 12.1. The summed E-state index contributed by atoms with van der Waals surface area (Å²) < 4.78 is 0. The van der Waals surface area contributed by atoms with Crippen molar-refractivity contribution in [3.8, 4) is 0 Å². The predicted molar refractivity (Wildman–Crippen MR) is 74.5 cm³/mol. The van der Waals surface area contributed by atoms with Crippen LogP contribution in [-0.4, -0.2) is 11.6 Å². The SMILES string of the molecule is CC1C(=O)C(c2ccccc2)=C2C(=O)CCCC=C21. The van der Waals surface area contributed by atoms with E-state index < -0.39 is 0 Å². The fourth-order valence-corrected chi connectivity index (χ4v) is 2.96. The molecule has 1 unspecified atom stereocenters. The van der Waals surface area contributed by atoms with Gasteiger partial charge in [0, 0.05) is 23.5 Å². The van der Waals surface area contributed by atoms with Gasteiger partial charge in [-0.1, -0.05) is 43.3 Å². The van der Waals surface area contributed by atoms with Gasteiger partial charge >= 0.3 is 0 Å². The van der Waals surface area contributed by atoms with E-state index in [0.29, 0.717) is 17.6 Å². The van der Waals surface area contributed by atoms with Crippen LogP contribution in [0.2, 0.25) is 0 Å². The Kier molecular flexibility index (Phi) is 2.94. The summed E-state index contributed by atoms with van der Waals surface area (Å²) >= 11 is 0. The summed E-state index contributed by atoms with van der Waals surface area (Å²) in [7, 11) is 0. The fraction of sp³-hybridized carbons (Fsp3) is 0.294. The van der Waals surface area contributed by atoms with Gasteiger partial charge in [-0.3, -0.25) is 9.59 Å². The number of ketones is 2. The molecule has 0 fully saturated rings. The van der Waals surface area contributed by atoms with Crippen LogP contribution in [0.3, 0.4) is 0 Å². The highest BCUT2D eigenvalue weighted by atomic mass is 16.1. The molecule has 0 saturated heterocycles. The number of benzene rings is 1. The number of rotatable bonds is 1. The Morgan fingerprint density at radius 2 is 1.79 bits per heavy atom. The molecule has 2 nitrogen and oxygen atoms in total. The van der Waals surface area contributed by atoms with Crippen LogP contribution in [0.1, 0.15) is 31.7 Å². The largest absolute Gasteiger partial charge is 0.294 e. The van der Waals surface area contributed by atoms with Crippen LogP contribution in [0, 0.1) is 5.92 Å². The number of fused-ring (bicyclic) bond motifs is 1. The minimum absolute atomic E-state index is 0.0858. The molecule has 0 heterocycles. The van der Waals surface area contributed by atoms with Crippen molar-refractivity contribution >= 4 is 17.1 Å². The molecule has 0 saturated carbocycles. The highest BCUT2D eigenvalue weighted by molar-refractivity contribution is 6.33. The van der Waals surface area contributed by atoms with Crippen LogP contribution in [-0.2, 0) is 9.59 Å². The zero-order chi connectivity index (χ0) is 13.4. The predicted octanol–water partition coefficient (Wildman–Crippen LogP) is 3.34. The van der Waals surface area contributed by atoms with Crippen LogP contribution in [0.25, 0.3) is 5.57 Å². The highest BCUT2D eigenvalue weighted by Gasteiger charge is 2.38. The lowest BCUT2D eigenvalue weighted by atomic mass is 9.97. The van der Waals surface area contributed by atoms with E-state index in [-0.39, 0.29) is 17.5 Å². The van der Waals surface area contributed by atoms with E-state index in [4.69, 9.17) is 0 Å². The number of hydrogen-bond donors (Lipinski definition) is 0. The minimum atomic E-state index is -0.174. The van der Waals surface area contributed by atoms with Crippen molar-refractivity contribution in [1.29, 1.82) is 0 Å². The number of carbonyl (C=O) groups is 2. The van der Waals surface area contributed by atoms with Crippen LogP contribution in [0.15, 0.2) is 47.6 Å². The Labute approximate surface area is 112 Å². The van der Waals surface area contributed by atoms with Crippen molar-refractivity contribution in [3.63, 3.8) is 0 Å². The maximum atomic E-state index is 12.5. The van der Waals surface area contributed by atoms with Crippen molar-refractivity contribution in [2.75, 3.05) is 0 Å². The van der Waals surface area contributed by atoms with E-state index in [0.717, 1.165) is 24.0 Å². The van der Waals surface area contributed by atoms with Crippen molar-refractivity contribution in [3.05, 3.63) is 53.1 Å². The summed E-state index contributed by atoms with van der Waals surface area (Å²) in [6, 6.07) is 9.55. The van der Waals surface area contributed by atoms with E-state index in [9.17, 15) is 9.59 Å². The van der Waals surface area contributed by atoms with E-state index in [1.807, 2.05) is 37.3 Å². The van der Waals surface area contributed by atoms with Crippen molar-refractivity contribution in [1.82, 2.24) is 0 Å². The second-order valence-electron chi connectivity index (χ2n) is 5.18. The molecule has 0 aromatic heterocycles. The summed E-state index contributed by atoms with van der Waals surface area (Å²) in [5.74, 6) is 0.0373. The molecular weight excluding hydrogens is 236 g/mol. The third kappa shape index (κ3) is 1.88. The Morgan fingerprint density at radius 3 is 2.53 bits per heavy atom. The molecule has 0 bridgehead atoms. The summed E-state index contributed by atoms with van der Waals surface area (Å²) in [5.41, 5.74) is 3.13. The van der Waals surface area contributed by atoms with Crippen LogP contribution in [0.4, 0.5) is 0 Å². The minimum Gasteiger partial charge on any atom is -0.294 e. The molecule has 2 heteroatoms. The molecular formula is C17H16O2. The lowest BCUT2D eigenvalue weighted by molar-refractivity contribution is -0.116. The Hall–Kier alpha value is -1.96. The molecule has 2 aliphatic rings. The maximum Gasteiger partial charge on any atom is 0.171 e. The second-order valence-corrected chi connectivity index (χ2v) is 5.18. The molecule has 0 spiro atoms. The molecule has 1 atom stereocenters. The van der Waals surface area contributed by atoms with E-state index in [1.54, 1.807) is 0 Å². The van der Waals surface area contributed by atoms with Gasteiger partial charge in [-0.05, 0) is 24.0 Å². The van der Waals surface area contributed by atoms with Gasteiger partial charge in [0.25, 0.3) is 0 Å². The molecule has 1 aromatic carbocycles. The van der Waals surface area contributed by atoms with Crippen molar-refractivity contribution < 1.29 is 9.59 Å².